The fourth-order valence-corrected chi connectivity index (χ4v) is 4.86. The van der Waals surface area contributed by atoms with Crippen molar-refractivity contribution in [2.75, 3.05) is 20.7 Å². The van der Waals surface area contributed by atoms with Gasteiger partial charge in [0.1, 0.15) is 6.04 Å². The molecule has 0 saturated carbocycles. The molecular weight excluding hydrogens is 382 g/mol. The number of fused-ring (bicyclic) bond motifs is 1. The van der Waals surface area contributed by atoms with Gasteiger partial charge in [0.25, 0.3) is 0 Å². The van der Waals surface area contributed by atoms with Crippen LogP contribution in [0.5, 0.6) is 0 Å². The molecule has 0 fully saturated rings. The smallest absolute Gasteiger partial charge is 0.338 e. The number of amidine groups is 1. The van der Waals surface area contributed by atoms with E-state index in [0.717, 1.165) is 21.4 Å². The molecule has 0 aliphatic carbocycles. The summed E-state index contributed by atoms with van der Waals surface area (Å²) in [4.78, 5) is 34.6. The SMILES string of the molecule is CCC1=C(C(=O)OC)C(c2cccs2)N2C(CC(=O)N(C)CC)=CSC2=N1. The van der Waals surface area contributed by atoms with Gasteiger partial charge in [-0.3, -0.25) is 4.79 Å². The first-order chi connectivity index (χ1) is 13.0. The lowest BCUT2D eigenvalue weighted by Crippen LogP contribution is -2.38. The third-order valence-corrected chi connectivity index (χ3v) is 6.49. The average Bonchev–Trinajstić information content (AvgIpc) is 3.35. The minimum absolute atomic E-state index is 0.0421. The molecule has 6 nitrogen and oxygen atoms in total. The van der Waals surface area contributed by atoms with Gasteiger partial charge in [-0.2, -0.15) is 0 Å². The average molecular weight is 406 g/mol. The standard InChI is InChI=1S/C19H23N3O3S2/c1-5-13-16(18(24)25-4)17(14-8-7-9-26-14)22-12(11-27-19(22)20-13)10-15(23)21(3)6-2/h7-9,11,17H,5-6,10H2,1-4H3. The highest BCUT2D eigenvalue weighted by Gasteiger charge is 2.42. The topological polar surface area (TPSA) is 62.2 Å². The van der Waals surface area contributed by atoms with E-state index >= 15 is 0 Å². The highest BCUT2D eigenvalue weighted by molar-refractivity contribution is 8.16. The van der Waals surface area contributed by atoms with Crippen molar-refractivity contribution < 1.29 is 14.3 Å². The molecule has 1 aromatic rings. The number of ether oxygens (including phenoxy) is 1. The Morgan fingerprint density at radius 2 is 2.15 bits per heavy atom. The summed E-state index contributed by atoms with van der Waals surface area (Å²) in [6.07, 6.45) is 0.908. The summed E-state index contributed by atoms with van der Waals surface area (Å²) in [6.45, 7) is 4.59. The summed E-state index contributed by atoms with van der Waals surface area (Å²) < 4.78 is 5.08. The number of hydrogen-bond acceptors (Lipinski definition) is 7. The molecule has 1 unspecified atom stereocenters. The number of methoxy groups -OCH3 is 1. The summed E-state index contributed by atoms with van der Waals surface area (Å²) >= 11 is 3.08. The Hall–Kier alpha value is -2.06. The fourth-order valence-electron chi connectivity index (χ4n) is 3.09. The fraction of sp³-hybridized carbons (Fsp3) is 0.421. The number of thiophene rings is 1. The van der Waals surface area contributed by atoms with E-state index in [1.54, 1.807) is 23.3 Å². The lowest BCUT2D eigenvalue weighted by atomic mass is 9.98. The van der Waals surface area contributed by atoms with Crippen molar-refractivity contribution >= 4 is 40.1 Å². The number of esters is 1. The Labute approximate surface area is 167 Å². The number of amides is 1. The zero-order valence-electron chi connectivity index (χ0n) is 15.9. The van der Waals surface area contributed by atoms with Gasteiger partial charge in [0, 0.05) is 24.2 Å². The Bertz CT molecular complexity index is 827. The number of thioether (sulfide) groups is 1. The van der Waals surface area contributed by atoms with Crippen LogP contribution in [0.15, 0.2) is 44.9 Å². The van der Waals surface area contributed by atoms with Crippen LogP contribution in [-0.2, 0) is 14.3 Å². The van der Waals surface area contributed by atoms with E-state index in [0.29, 0.717) is 18.5 Å². The van der Waals surface area contributed by atoms with Crippen LogP contribution in [0.4, 0.5) is 0 Å². The second-order valence-electron chi connectivity index (χ2n) is 6.20. The van der Waals surface area contributed by atoms with Crippen molar-refractivity contribution in [1.82, 2.24) is 9.80 Å². The predicted octanol–water partition coefficient (Wildman–Crippen LogP) is 3.75. The van der Waals surface area contributed by atoms with Crippen LogP contribution in [0.25, 0.3) is 0 Å². The Morgan fingerprint density at radius 3 is 2.74 bits per heavy atom. The predicted molar refractivity (Wildman–Crippen MR) is 109 cm³/mol. The molecule has 8 heteroatoms. The number of carbonyl (C=O) groups excluding carboxylic acids is 2. The Morgan fingerprint density at radius 1 is 1.37 bits per heavy atom. The highest BCUT2D eigenvalue weighted by atomic mass is 32.2. The number of carbonyl (C=O) groups is 2. The van der Waals surface area contributed by atoms with Crippen LogP contribution >= 0.6 is 23.1 Å². The van der Waals surface area contributed by atoms with Crippen molar-refractivity contribution in [2.24, 2.45) is 4.99 Å². The minimum Gasteiger partial charge on any atom is -0.466 e. The van der Waals surface area contributed by atoms with E-state index < -0.39 is 0 Å². The highest BCUT2D eigenvalue weighted by Crippen LogP contribution is 2.46. The third kappa shape index (κ3) is 3.68. The summed E-state index contributed by atoms with van der Waals surface area (Å²) in [5.74, 6) is -0.332. The van der Waals surface area contributed by atoms with Gasteiger partial charge in [-0.25, -0.2) is 9.79 Å². The maximum absolute atomic E-state index is 12.6. The molecule has 2 aliphatic rings. The normalized spacial score (nSPS) is 18.8. The first-order valence-electron chi connectivity index (χ1n) is 8.84. The molecular formula is C19H23N3O3S2. The zero-order valence-corrected chi connectivity index (χ0v) is 17.5. The lowest BCUT2D eigenvalue weighted by Gasteiger charge is -2.36. The van der Waals surface area contributed by atoms with E-state index in [9.17, 15) is 9.59 Å². The molecule has 0 bridgehead atoms. The lowest BCUT2D eigenvalue weighted by molar-refractivity contribution is -0.136. The third-order valence-electron chi connectivity index (χ3n) is 4.67. The van der Waals surface area contributed by atoms with Crippen LogP contribution in [0.3, 0.4) is 0 Å². The molecule has 0 aromatic carbocycles. The van der Waals surface area contributed by atoms with Gasteiger partial charge in [-0.15, -0.1) is 11.3 Å². The van der Waals surface area contributed by atoms with E-state index in [1.807, 2.05) is 41.7 Å². The molecule has 2 aliphatic heterocycles. The van der Waals surface area contributed by atoms with Gasteiger partial charge in [-0.05, 0) is 30.2 Å². The molecule has 0 N–H and O–H groups in total. The van der Waals surface area contributed by atoms with Gasteiger partial charge in [0.2, 0.25) is 5.91 Å². The van der Waals surface area contributed by atoms with Crippen LogP contribution in [0.2, 0.25) is 0 Å². The van der Waals surface area contributed by atoms with Crippen LogP contribution in [0, 0.1) is 0 Å². The second kappa shape index (κ2) is 8.31. The van der Waals surface area contributed by atoms with Crippen LogP contribution in [-0.4, -0.2) is 47.5 Å². The van der Waals surface area contributed by atoms with E-state index in [4.69, 9.17) is 9.73 Å². The van der Waals surface area contributed by atoms with E-state index in [1.165, 1.54) is 18.9 Å². The largest absolute Gasteiger partial charge is 0.466 e. The van der Waals surface area contributed by atoms with Crippen molar-refractivity contribution in [3.05, 3.63) is 44.8 Å². The summed E-state index contributed by atoms with van der Waals surface area (Å²) in [5, 5.41) is 4.76. The Balaban J connectivity index is 2.04. The number of allylic oxidation sites excluding steroid dienone is 1. The monoisotopic (exact) mass is 405 g/mol. The van der Waals surface area contributed by atoms with Crippen molar-refractivity contribution in [3.8, 4) is 0 Å². The molecule has 0 radical (unpaired) electrons. The Kier molecular flexibility index (Phi) is 6.06. The molecule has 1 aromatic heterocycles. The van der Waals surface area contributed by atoms with E-state index in [2.05, 4.69) is 0 Å². The van der Waals surface area contributed by atoms with Crippen molar-refractivity contribution in [1.29, 1.82) is 0 Å². The minimum atomic E-state index is -0.374. The van der Waals surface area contributed by atoms with Gasteiger partial charge >= 0.3 is 5.97 Å². The molecule has 27 heavy (non-hydrogen) atoms. The summed E-state index contributed by atoms with van der Waals surface area (Å²) in [6, 6.07) is 3.66. The maximum Gasteiger partial charge on any atom is 0.338 e. The number of hydrogen-bond donors (Lipinski definition) is 0. The number of nitrogens with zero attached hydrogens (tertiary/aromatic N) is 3. The van der Waals surface area contributed by atoms with Crippen molar-refractivity contribution in [2.45, 2.75) is 32.7 Å². The van der Waals surface area contributed by atoms with Gasteiger partial charge in [-0.1, -0.05) is 24.8 Å². The molecule has 0 spiro atoms. The summed E-state index contributed by atoms with van der Waals surface area (Å²) in [5.41, 5.74) is 2.15. The molecule has 144 valence electrons. The zero-order chi connectivity index (χ0) is 19.6. The van der Waals surface area contributed by atoms with Gasteiger partial charge < -0.3 is 14.5 Å². The maximum atomic E-state index is 12.6. The molecule has 0 saturated heterocycles. The molecule has 3 rings (SSSR count). The molecule has 1 amide bonds. The molecule has 3 heterocycles. The second-order valence-corrected chi connectivity index (χ2v) is 8.02. The van der Waals surface area contributed by atoms with Gasteiger partial charge in [0.05, 0.1) is 24.8 Å². The van der Waals surface area contributed by atoms with Crippen molar-refractivity contribution in [3.63, 3.8) is 0 Å². The first-order valence-corrected chi connectivity index (χ1v) is 10.6. The quantitative estimate of drug-likeness (QED) is 0.675. The van der Waals surface area contributed by atoms with Gasteiger partial charge in [0.15, 0.2) is 5.17 Å². The first kappa shape index (κ1) is 19.7. The van der Waals surface area contributed by atoms with E-state index in [-0.39, 0.29) is 24.3 Å². The number of rotatable bonds is 6. The van der Waals surface area contributed by atoms with Crippen LogP contribution < -0.4 is 0 Å². The summed E-state index contributed by atoms with van der Waals surface area (Å²) in [7, 11) is 3.18. The van der Waals surface area contributed by atoms with Crippen LogP contribution in [0.1, 0.15) is 37.6 Å². The number of aliphatic imine (C=N–C) groups is 1. The molecule has 1 atom stereocenters.